The van der Waals surface area contributed by atoms with Crippen LogP contribution in [0.2, 0.25) is 0 Å². The summed E-state index contributed by atoms with van der Waals surface area (Å²) in [7, 11) is 0. The van der Waals surface area contributed by atoms with Gasteiger partial charge in [0.15, 0.2) is 11.5 Å². The minimum absolute atomic E-state index is 0.161. The highest BCUT2D eigenvalue weighted by molar-refractivity contribution is 6.05. The second-order valence-corrected chi connectivity index (χ2v) is 4.21. The van der Waals surface area contributed by atoms with E-state index in [1.54, 1.807) is 0 Å². The Hall–Kier alpha value is -2.91. The van der Waals surface area contributed by atoms with Crippen molar-refractivity contribution in [1.29, 1.82) is 0 Å². The van der Waals surface area contributed by atoms with Crippen molar-refractivity contribution in [3.05, 3.63) is 46.8 Å². The van der Waals surface area contributed by atoms with E-state index in [0.29, 0.717) is 4.57 Å². The molecule has 10 heteroatoms. The minimum Gasteiger partial charge on any atom is -0.382 e. The minimum atomic E-state index is -4.55. The van der Waals surface area contributed by atoms with Crippen molar-refractivity contribution < 1.29 is 18.0 Å². The summed E-state index contributed by atoms with van der Waals surface area (Å²) < 4.78 is 37.5. The molecule has 0 saturated heterocycles. The molecule has 0 unspecified atom stereocenters. The molecule has 0 aliphatic heterocycles. The molecular formula is C12H10F3N5O2. The van der Waals surface area contributed by atoms with Crippen LogP contribution in [0.3, 0.4) is 0 Å². The van der Waals surface area contributed by atoms with Crippen LogP contribution in [-0.2, 0) is 6.54 Å². The van der Waals surface area contributed by atoms with Gasteiger partial charge in [0.25, 0.3) is 11.5 Å². The molecule has 0 aliphatic carbocycles. The first-order chi connectivity index (χ1) is 10.3. The maximum atomic E-state index is 12.4. The summed E-state index contributed by atoms with van der Waals surface area (Å²) in [6.07, 6.45) is -1.09. The van der Waals surface area contributed by atoms with Crippen molar-refractivity contribution in [1.82, 2.24) is 14.5 Å². The van der Waals surface area contributed by atoms with E-state index in [-0.39, 0.29) is 17.2 Å². The Balaban J connectivity index is 2.28. The molecule has 2 aromatic heterocycles. The number of nitrogens with zero attached hydrogens (tertiary/aromatic N) is 3. The van der Waals surface area contributed by atoms with Gasteiger partial charge >= 0.3 is 6.18 Å². The van der Waals surface area contributed by atoms with Crippen LogP contribution in [0.5, 0.6) is 0 Å². The SMILES string of the molecule is Nc1nccnc1C(=O)Nc1cccn(CC(F)(F)F)c1=O. The van der Waals surface area contributed by atoms with Gasteiger partial charge in [-0.3, -0.25) is 9.59 Å². The Morgan fingerprint density at radius 2 is 2.00 bits per heavy atom. The fraction of sp³-hybridized carbons (Fsp3) is 0.167. The summed E-state index contributed by atoms with van der Waals surface area (Å²) in [5.74, 6) is -1.00. The first-order valence-electron chi connectivity index (χ1n) is 5.92. The number of halogens is 3. The van der Waals surface area contributed by atoms with Crippen molar-refractivity contribution in [3.8, 4) is 0 Å². The molecule has 22 heavy (non-hydrogen) atoms. The largest absolute Gasteiger partial charge is 0.406 e. The summed E-state index contributed by atoms with van der Waals surface area (Å²) >= 11 is 0. The van der Waals surface area contributed by atoms with Gasteiger partial charge in [0.1, 0.15) is 12.2 Å². The second-order valence-electron chi connectivity index (χ2n) is 4.21. The maximum Gasteiger partial charge on any atom is 0.406 e. The summed E-state index contributed by atoms with van der Waals surface area (Å²) in [6, 6.07) is 2.39. The number of aromatic nitrogens is 3. The molecule has 0 atom stereocenters. The second kappa shape index (κ2) is 5.84. The van der Waals surface area contributed by atoms with Gasteiger partial charge < -0.3 is 15.6 Å². The first kappa shape index (κ1) is 15.5. The molecule has 2 rings (SSSR count). The van der Waals surface area contributed by atoms with Crippen molar-refractivity contribution in [2.24, 2.45) is 0 Å². The Morgan fingerprint density at radius 3 is 2.64 bits per heavy atom. The van der Waals surface area contributed by atoms with E-state index in [1.807, 2.05) is 0 Å². The van der Waals surface area contributed by atoms with Gasteiger partial charge in [-0.15, -0.1) is 0 Å². The highest BCUT2D eigenvalue weighted by Crippen LogP contribution is 2.16. The Morgan fingerprint density at radius 1 is 1.32 bits per heavy atom. The van der Waals surface area contributed by atoms with E-state index in [0.717, 1.165) is 6.20 Å². The Labute approximate surface area is 121 Å². The predicted molar refractivity (Wildman–Crippen MR) is 71.2 cm³/mol. The van der Waals surface area contributed by atoms with Gasteiger partial charge in [0.05, 0.1) is 0 Å². The van der Waals surface area contributed by atoms with Crippen molar-refractivity contribution in [3.63, 3.8) is 0 Å². The fourth-order valence-electron chi connectivity index (χ4n) is 1.65. The molecule has 0 fully saturated rings. The van der Waals surface area contributed by atoms with E-state index >= 15 is 0 Å². The van der Waals surface area contributed by atoms with E-state index in [4.69, 9.17) is 5.73 Å². The lowest BCUT2D eigenvalue weighted by Crippen LogP contribution is -2.30. The number of hydrogen-bond donors (Lipinski definition) is 2. The third kappa shape index (κ3) is 3.59. The zero-order valence-electron chi connectivity index (χ0n) is 11.0. The number of amides is 1. The number of nitrogens with two attached hydrogens (primary N) is 1. The lowest BCUT2D eigenvalue weighted by atomic mass is 10.3. The molecule has 1 amide bonds. The summed E-state index contributed by atoms with van der Waals surface area (Å²) in [5, 5.41) is 2.17. The van der Waals surface area contributed by atoms with Crippen LogP contribution in [0.15, 0.2) is 35.5 Å². The highest BCUT2D eigenvalue weighted by atomic mass is 19.4. The third-order valence-electron chi connectivity index (χ3n) is 2.56. The number of carbonyl (C=O) groups is 1. The van der Waals surface area contributed by atoms with E-state index < -0.39 is 24.2 Å². The number of alkyl halides is 3. The summed E-state index contributed by atoms with van der Waals surface area (Å²) in [6.45, 7) is -1.46. The molecule has 2 heterocycles. The average Bonchev–Trinajstić information content (AvgIpc) is 2.42. The third-order valence-corrected chi connectivity index (χ3v) is 2.56. The van der Waals surface area contributed by atoms with E-state index in [1.165, 1.54) is 24.5 Å². The van der Waals surface area contributed by atoms with Crippen LogP contribution in [-0.4, -0.2) is 26.6 Å². The number of rotatable bonds is 3. The molecule has 116 valence electrons. The molecule has 3 N–H and O–H groups in total. The predicted octanol–water partition coefficient (Wildman–Crippen LogP) is 1.04. The monoisotopic (exact) mass is 313 g/mol. The summed E-state index contributed by atoms with van der Waals surface area (Å²) in [5.41, 5.74) is 3.92. The molecule has 2 aromatic rings. The normalized spacial score (nSPS) is 11.2. The Bertz CT molecular complexity index is 757. The van der Waals surface area contributed by atoms with Gasteiger partial charge in [-0.05, 0) is 12.1 Å². The number of carbonyl (C=O) groups excluding carboxylic acids is 1. The molecule has 0 aliphatic rings. The van der Waals surface area contributed by atoms with Gasteiger partial charge in [-0.1, -0.05) is 0 Å². The van der Waals surface area contributed by atoms with Gasteiger partial charge in [-0.25, -0.2) is 9.97 Å². The molecule has 0 aromatic carbocycles. The smallest absolute Gasteiger partial charge is 0.382 e. The zero-order valence-corrected chi connectivity index (χ0v) is 11.0. The number of nitrogen functional groups attached to an aromatic ring is 1. The standard InChI is InChI=1S/C12H10F3N5O2/c13-12(14,15)6-20-5-1-2-7(11(20)22)19-10(21)8-9(16)18-4-3-17-8/h1-5H,6H2,(H2,16,18)(H,19,21). The molecule has 0 radical (unpaired) electrons. The first-order valence-corrected chi connectivity index (χ1v) is 5.92. The van der Waals surface area contributed by atoms with Crippen LogP contribution < -0.4 is 16.6 Å². The van der Waals surface area contributed by atoms with E-state index in [2.05, 4.69) is 15.3 Å². The van der Waals surface area contributed by atoms with Crippen LogP contribution in [0.1, 0.15) is 10.5 Å². The van der Waals surface area contributed by atoms with Crippen molar-refractivity contribution >= 4 is 17.4 Å². The number of anilines is 2. The van der Waals surface area contributed by atoms with Crippen molar-refractivity contribution in [2.45, 2.75) is 12.7 Å². The molecule has 7 nitrogen and oxygen atoms in total. The van der Waals surface area contributed by atoms with Gasteiger partial charge in [0.2, 0.25) is 0 Å². The van der Waals surface area contributed by atoms with Gasteiger partial charge in [0, 0.05) is 18.6 Å². The van der Waals surface area contributed by atoms with Gasteiger partial charge in [-0.2, -0.15) is 13.2 Å². The van der Waals surface area contributed by atoms with Crippen LogP contribution >= 0.6 is 0 Å². The zero-order chi connectivity index (χ0) is 16.3. The molecular weight excluding hydrogens is 303 g/mol. The highest BCUT2D eigenvalue weighted by Gasteiger charge is 2.28. The van der Waals surface area contributed by atoms with Crippen molar-refractivity contribution in [2.75, 3.05) is 11.1 Å². The molecule has 0 bridgehead atoms. The quantitative estimate of drug-likeness (QED) is 0.881. The van der Waals surface area contributed by atoms with Crippen LogP contribution in [0, 0.1) is 0 Å². The van der Waals surface area contributed by atoms with E-state index in [9.17, 15) is 22.8 Å². The number of nitrogens with one attached hydrogen (secondary N) is 1. The topological polar surface area (TPSA) is 103 Å². The fourth-order valence-corrected chi connectivity index (χ4v) is 1.65. The average molecular weight is 313 g/mol. The lowest BCUT2D eigenvalue weighted by molar-refractivity contribution is -0.141. The lowest BCUT2D eigenvalue weighted by Gasteiger charge is -2.11. The van der Waals surface area contributed by atoms with Crippen LogP contribution in [0.4, 0.5) is 24.7 Å². The maximum absolute atomic E-state index is 12.4. The summed E-state index contributed by atoms with van der Waals surface area (Å²) in [4.78, 5) is 31.1. The van der Waals surface area contributed by atoms with Crippen LogP contribution in [0.25, 0.3) is 0 Å². The molecule has 0 spiro atoms. The molecule has 0 saturated carbocycles. The number of pyridine rings is 1. The number of hydrogen-bond acceptors (Lipinski definition) is 5. The Kier molecular flexibility index (Phi) is 4.11.